The van der Waals surface area contributed by atoms with Crippen LogP contribution in [0.3, 0.4) is 0 Å². The molecule has 6 unspecified atom stereocenters. The van der Waals surface area contributed by atoms with Crippen LogP contribution in [-0.4, -0.2) is 53.4 Å². The first-order chi connectivity index (χ1) is 14.8. The average Bonchev–Trinajstić information content (AvgIpc) is 3.27. The zero-order valence-corrected chi connectivity index (χ0v) is 19.1. The fourth-order valence-corrected chi connectivity index (χ4v) is 5.33. The summed E-state index contributed by atoms with van der Waals surface area (Å²) in [7, 11) is 0. The number of carbonyl (C=O) groups is 1. The van der Waals surface area contributed by atoms with Crippen molar-refractivity contribution in [3.8, 4) is 0 Å². The highest BCUT2D eigenvalue weighted by atomic mass is 19.4. The van der Waals surface area contributed by atoms with E-state index in [1.165, 1.54) is 13.8 Å². The standard InChI is InChI=1S/C22H30F6O5/c1-7-18(3,4)10(2)32-16-12-8-11-13(17(29)33-15(11)16)14(12)19(5,6)31-9-20(30,21(23,24)25)22(26,27)28/h11-16,30H,2,7-9H2,1,3-6H3. The van der Waals surface area contributed by atoms with Gasteiger partial charge in [-0.1, -0.05) is 27.4 Å². The summed E-state index contributed by atoms with van der Waals surface area (Å²) in [5.41, 5.74) is -7.05. The molecule has 5 nitrogen and oxygen atoms in total. The molecule has 0 aromatic carbocycles. The van der Waals surface area contributed by atoms with E-state index in [-0.39, 0.29) is 11.3 Å². The summed E-state index contributed by atoms with van der Waals surface area (Å²) < 4.78 is 95.4. The highest BCUT2D eigenvalue weighted by Crippen LogP contribution is 2.62. The van der Waals surface area contributed by atoms with Gasteiger partial charge < -0.3 is 19.3 Å². The summed E-state index contributed by atoms with van der Waals surface area (Å²) in [5.74, 6) is -2.28. The van der Waals surface area contributed by atoms with Gasteiger partial charge in [-0.2, -0.15) is 26.3 Å². The SMILES string of the molecule is C=C(OC1C2CC3C1OC(=O)C3C2C(C)(C)OCC(O)(C(F)(F)F)C(F)(F)F)C(C)(C)CC. The first-order valence-corrected chi connectivity index (χ1v) is 10.8. The molecule has 2 bridgehead atoms. The second-order valence-electron chi connectivity index (χ2n) is 10.5. The second-order valence-corrected chi connectivity index (χ2v) is 10.5. The maximum Gasteiger partial charge on any atom is 0.428 e. The molecule has 33 heavy (non-hydrogen) atoms. The third-order valence-corrected chi connectivity index (χ3v) is 7.86. The molecule has 0 amide bonds. The van der Waals surface area contributed by atoms with E-state index in [2.05, 4.69) is 6.58 Å². The van der Waals surface area contributed by atoms with E-state index in [9.17, 15) is 36.2 Å². The van der Waals surface area contributed by atoms with E-state index in [0.717, 1.165) is 0 Å². The molecule has 1 aliphatic heterocycles. The Balaban J connectivity index is 1.86. The summed E-state index contributed by atoms with van der Waals surface area (Å²) in [5, 5.41) is 9.49. The Bertz CT molecular complexity index is 788. The zero-order valence-electron chi connectivity index (χ0n) is 19.1. The number of hydrogen-bond acceptors (Lipinski definition) is 5. The Morgan fingerprint density at radius 3 is 2.12 bits per heavy atom. The van der Waals surface area contributed by atoms with Crippen LogP contribution in [0.4, 0.5) is 26.3 Å². The first-order valence-electron chi connectivity index (χ1n) is 10.8. The molecule has 0 radical (unpaired) electrons. The molecule has 0 aromatic heterocycles. The fourth-order valence-electron chi connectivity index (χ4n) is 5.33. The molecule has 3 rings (SSSR count). The minimum atomic E-state index is -6.00. The average molecular weight is 488 g/mol. The number of esters is 1. The Labute approximate surface area is 188 Å². The van der Waals surface area contributed by atoms with Crippen molar-refractivity contribution >= 4 is 5.97 Å². The van der Waals surface area contributed by atoms with Crippen LogP contribution in [0.2, 0.25) is 0 Å². The van der Waals surface area contributed by atoms with Gasteiger partial charge in [-0.3, -0.25) is 4.79 Å². The molecule has 1 heterocycles. The number of carbonyl (C=O) groups excluding carboxylic acids is 1. The van der Waals surface area contributed by atoms with Crippen LogP contribution in [-0.2, 0) is 19.0 Å². The van der Waals surface area contributed by atoms with Crippen molar-refractivity contribution in [1.29, 1.82) is 0 Å². The predicted molar refractivity (Wildman–Crippen MR) is 104 cm³/mol. The number of hydrogen-bond donors (Lipinski definition) is 1. The molecule has 11 heteroatoms. The monoisotopic (exact) mass is 488 g/mol. The number of allylic oxidation sites excluding steroid dienone is 1. The Hall–Kier alpha value is -1.49. The van der Waals surface area contributed by atoms with Crippen molar-refractivity contribution in [2.24, 2.45) is 29.1 Å². The largest absolute Gasteiger partial charge is 0.491 e. The summed E-state index contributed by atoms with van der Waals surface area (Å²) in [6, 6.07) is 0. The minimum Gasteiger partial charge on any atom is -0.491 e. The molecular formula is C22H30F6O5. The van der Waals surface area contributed by atoms with Gasteiger partial charge in [0, 0.05) is 23.2 Å². The van der Waals surface area contributed by atoms with E-state index >= 15 is 0 Å². The number of rotatable bonds is 8. The Kier molecular flexibility index (Phi) is 6.14. The maximum atomic E-state index is 13.1. The summed E-state index contributed by atoms with van der Waals surface area (Å²) in [6.45, 7) is 10.4. The highest BCUT2D eigenvalue weighted by Gasteiger charge is 2.73. The Morgan fingerprint density at radius 2 is 1.64 bits per heavy atom. The normalized spacial score (nSPS) is 32.3. The lowest BCUT2D eigenvalue weighted by atomic mass is 9.70. The Morgan fingerprint density at radius 1 is 1.09 bits per heavy atom. The third-order valence-electron chi connectivity index (χ3n) is 7.86. The van der Waals surface area contributed by atoms with Gasteiger partial charge >= 0.3 is 18.3 Å². The van der Waals surface area contributed by atoms with Gasteiger partial charge in [0.1, 0.15) is 12.2 Å². The topological polar surface area (TPSA) is 65.0 Å². The van der Waals surface area contributed by atoms with Crippen molar-refractivity contribution in [3.63, 3.8) is 0 Å². The molecule has 6 atom stereocenters. The van der Waals surface area contributed by atoms with E-state index in [1.807, 2.05) is 20.8 Å². The van der Waals surface area contributed by atoms with Crippen LogP contribution in [0.25, 0.3) is 0 Å². The van der Waals surface area contributed by atoms with Crippen LogP contribution in [0.15, 0.2) is 12.3 Å². The smallest absolute Gasteiger partial charge is 0.428 e. The molecule has 0 aromatic rings. The van der Waals surface area contributed by atoms with Gasteiger partial charge in [-0.05, 0) is 26.7 Å². The molecule has 190 valence electrons. The van der Waals surface area contributed by atoms with Crippen molar-refractivity contribution in [2.45, 2.75) is 83.2 Å². The lowest BCUT2D eigenvalue weighted by molar-refractivity contribution is -0.383. The number of fused-ring (bicyclic) bond motifs is 1. The summed E-state index contributed by atoms with van der Waals surface area (Å²) >= 11 is 0. The van der Waals surface area contributed by atoms with Crippen LogP contribution in [0, 0.1) is 29.1 Å². The van der Waals surface area contributed by atoms with E-state index in [1.54, 1.807) is 0 Å². The molecule has 1 saturated heterocycles. The molecule has 3 aliphatic rings. The molecular weight excluding hydrogens is 458 g/mol. The molecule has 3 fully saturated rings. The maximum absolute atomic E-state index is 13.1. The van der Waals surface area contributed by atoms with Crippen LogP contribution in [0.1, 0.15) is 47.5 Å². The van der Waals surface area contributed by atoms with Crippen molar-refractivity contribution in [2.75, 3.05) is 6.61 Å². The van der Waals surface area contributed by atoms with Crippen LogP contribution < -0.4 is 0 Å². The predicted octanol–water partition coefficient (Wildman–Crippen LogP) is 4.78. The van der Waals surface area contributed by atoms with Gasteiger partial charge in [-0.15, -0.1) is 0 Å². The molecule has 0 spiro atoms. The number of aliphatic hydroxyl groups is 1. The zero-order chi connectivity index (χ0) is 25.4. The quantitative estimate of drug-likeness (QED) is 0.303. The van der Waals surface area contributed by atoms with E-state index < -0.39 is 66.1 Å². The number of ether oxygens (including phenoxy) is 3. The third kappa shape index (κ3) is 4.02. The number of alkyl halides is 6. The van der Waals surface area contributed by atoms with Gasteiger partial charge in [0.05, 0.1) is 23.9 Å². The summed E-state index contributed by atoms with van der Waals surface area (Å²) in [6.07, 6.45) is -12.0. The first kappa shape index (κ1) is 26.1. The van der Waals surface area contributed by atoms with Crippen molar-refractivity contribution < 1.29 is 50.5 Å². The molecule has 2 saturated carbocycles. The fraction of sp³-hybridized carbons (Fsp3) is 0.864. The van der Waals surface area contributed by atoms with Gasteiger partial charge in [0.15, 0.2) is 0 Å². The van der Waals surface area contributed by atoms with Crippen molar-refractivity contribution in [3.05, 3.63) is 12.3 Å². The number of halogens is 6. The van der Waals surface area contributed by atoms with Crippen LogP contribution in [0.5, 0.6) is 0 Å². The van der Waals surface area contributed by atoms with Crippen molar-refractivity contribution in [1.82, 2.24) is 0 Å². The lowest BCUT2D eigenvalue weighted by Crippen LogP contribution is -2.61. The second kappa shape index (κ2) is 7.76. The minimum absolute atomic E-state index is 0.276. The van der Waals surface area contributed by atoms with E-state index in [4.69, 9.17) is 14.2 Å². The lowest BCUT2D eigenvalue weighted by Gasteiger charge is -2.44. The highest BCUT2D eigenvalue weighted by molar-refractivity contribution is 5.77. The summed E-state index contributed by atoms with van der Waals surface area (Å²) in [4.78, 5) is 12.6. The molecule has 1 N–H and O–H groups in total. The van der Waals surface area contributed by atoms with E-state index in [0.29, 0.717) is 18.6 Å². The van der Waals surface area contributed by atoms with Gasteiger partial charge in [0.25, 0.3) is 5.60 Å². The van der Waals surface area contributed by atoms with Gasteiger partial charge in [0.2, 0.25) is 0 Å². The van der Waals surface area contributed by atoms with Gasteiger partial charge in [-0.25, -0.2) is 0 Å². The van der Waals surface area contributed by atoms with Crippen LogP contribution >= 0.6 is 0 Å². The molecule has 2 aliphatic carbocycles.